The molecule has 1 aromatic heterocycles. The van der Waals surface area contributed by atoms with Crippen LogP contribution in [0.15, 0.2) is 30.3 Å². The van der Waals surface area contributed by atoms with Gasteiger partial charge >= 0.3 is 6.09 Å². The van der Waals surface area contributed by atoms with E-state index < -0.39 is 11.7 Å². The molecule has 4 nitrogen and oxygen atoms in total. The van der Waals surface area contributed by atoms with E-state index >= 15 is 4.39 Å². The number of rotatable bonds is 3. The summed E-state index contributed by atoms with van der Waals surface area (Å²) in [4.78, 5) is 16.5. The average Bonchev–Trinajstić information content (AvgIpc) is 2.93. The Morgan fingerprint density at radius 3 is 2.74 bits per heavy atom. The highest BCUT2D eigenvalue weighted by Gasteiger charge is 2.21. The first-order chi connectivity index (χ1) is 12.7. The van der Waals surface area contributed by atoms with Gasteiger partial charge in [0.25, 0.3) is 0 Å². The number of amides is 1. The van der Waals surface area contributed by atoms with Crippen LogP contribution in [0.2, 0.25) is 5.02 Å². The molecule has 0 saturated carbocycles. The second kappa shape index (κ2) is 7.73. The number of carbonyl (C=O) groups excluding carboxylic acids is 1. The van der Waals surface area contributed by atoms with Crippen LogP contribution >= 0.6 is 38.9 Å². The number of carbonyl (C=O) groups is 1. The normalized spacial score (nSPS) is 11.6. The first-order valence-corrected chi connectivity index (χ1v) is 10.4. The molecule has 0 fully saturated rings. The molecule has 142 valence electrons. The number of nitrogens with zero attached hydrogens (tertiary/aromatic N) is 1. The third-order valence-corrected chi connectivity index (χ3v) is 5.32. The molecule has 1 N–H and O–H groups in total. The standard InChI is InChI=1S/C19H17BrClFN2O2S/c1-19(2,3)26-18(25)24-17-23-16-13(27-17)8-11(9-20)15(22)14(16)10-5-4-6-12(21)7-10/h4-8H,9H2,1-3H3,(H,23,24,25). The number of ether oxygens (including phenoxy) is 1. The van der Waals surface area contributed by atoms with Crippen LogP contribution < -0.4 is 5.32 Å². The molecule has 3 rings (SSSR count). The number of thiazole rings is 1. The molecule has 0 saturated heterocycles. The first-order valence-electron chi connectivity index (χ1n) is 8.12. The van der Waals surface area contributed by atoms with E-state index in [2.05, 4.69) is 26.2 Å². The maximum atomic E-state index is 15.1. The maximum Gasteiger partial charge on any atom is 0.413 e. The van der Waals surface area contributed by atoms with Gasteiger partial charge in [-0.3, -0.25) is 5.32 Å². The molecule has 0 aliphatic heterocycles. The van der Waals surface area contributed by atoms with Gasteiger partial charge in [-0.25, -0.2) is 14.2 Å². The van der Waals surface area contributed by atoms with Gasteiger partial charge in [0.05, 0.1) is 10.2 Å². The number of anilines is 1. The first kappa shape index (κ1) is 20.0. The minimum Gasteiger partial charge on any atom is -0.444 e. The van der Waals surface area contributed by atoms with E-state index in [1.165, 1.54) is 11.3 Å². The van der Waals surface area contributed by atoms with Gasteiger partial charge in [0, 0.05) is 21.5 Å². The summed E-state index contributed by atoms with van der Waals surface area (Å²) in [5.41, 5.74) is 1.34. The number of aromatic nitrogens is 1. The third-order valence-electron chi connectivity index (χ3n) is 3.56. The summed E-state index contributed by atoms with van der Waals surface area (Å²) in [5.74, 6) is -0.365. The van der Waals surface area contributed by atoms with Crippen molar-refractivity contribution in [1.82, 2.24) is 4.98 Å². The lowest BCUT2D eigenvalue weighted by Gasteiger charge is -2.18. The largest absolute Gasteiger partial charge is 0.444 e. The number of benzene rings is 2. The Morgan fingerprint density at radius 2 is 2.11 bits per heavy atom. The third kappa shape index (κ3) is 4.59. The number of hydrogen-bond donors (Lipinski definition) is 1. The molecule has 0 unspecified atom stereocenters. The van der Waals surface area contributed by atoms with E-state index in [1.54, 1.807) is 51.1 Å². The van der Waals surface area contributed by atoms with Crippen LogP contribution in [0.3, 0.4) is 0 Å². The van der Waals surface area contributed by atoms with Crippen molar-refractivity contribution in [1.29, 1.82) is 0 Å². The monoisotopic (exact) mass is 470 g/mol. The quantitative estimate of drug-likeness (QED) is 0.418. The van der Waals surface area contributed by atoms with Gasteiger partial charge in [-0.2, -0.15) is 0 Å². The van der Waals surface area contributed by atoms with Crippen LogP contribution in [-0.4, -0.2) is 16.7 Å². The Morgan fingerprint density at radius 1 is 1.37 bits per heavy atom. The van der Waals surface area contributed by atoms with Crippen molar-refractivity contribution in [3.05, 3.63) is 46.7 Å². The molecular weight excluding hydrogens is 455 g/mol. The highest BCUT2D eigenvalue weighted by Crippen LogP contribution is 2.38. The van der Waals surface area contributed by atoms with Gasteiger partial charge < -0.3 is 4.74 Å². The van der Waals surface area contributed by atoms with Crippen LogP contribution in [0.25, 0.3) is 21.3 Å². The molecule has 27 heavy (non-hydrogen) atoms. The fourth-order valence-corrected chi connectivity index (χ4v) is 4.07. The SMILES string of the molecule is CC(C)(C)OC(=O)Nc1nc2c(-c3cccc(Cl)c3)c(F)c(CBr)cc2s1. The number of hydrogen-bond acceptors (Lipinski definition) is 4. The van der Waals surface area contributed by atoms with Crippen LogP contribution in [0.4, 0.5) is 14.3 Å². The molecule has 0 aliphatic rings. The lowest BCUT2D eigenvalue weighted by molar-refractivity contribution is 0.0636. The molecule has 0 atom stereocenters. The second-order valence-corrected chi connectivity index (χ2v) is 8.89. The molecule has 8 heteroatoms. The van der Waals surface area contributed by atoms with Crippen molar-refractivity contribution >= 4 is 60.3 Å². The topological polar surface area (TPSA) is 51.2 Å². The number of fused-ring (bicyclic) bond motifs is 1. The minimum absolute atomic E-state index is 0.341. The molecule has 0 spiro atoms. The number of nitrogens with one attached hydrogen (secondary N) is 1. The summed E-state index contributed by atoms with van der Waals surface area (Å²) >= 11 is 10.7. The van der Waals surface area contributed by atoms with Crippen molar-refractivity contribution < 1.29 is 13.9 Å². The Balaban J connectivity index is 2.10. The van der Waals surface area contributed by atoms with Crippen molar-refractivity contribution in [3.8, 4) is 11.1 Å². The summed E-state index contributed by atoms with van der Waals surface area (Å²) in [6.07, 6.45) is -0.605. The van der Waals surface area contributed by atoms with Crippen LogP contribution in [-0.2, 0) is 10.1 Å². The van der Waals surface area contributed by atoms with Crippen LogP contribution in [0.1, 0.15) is 26.3 Å². The van der Waals surface area contributed by atoms with Crippen molar-refractivity contribution in [2.24, 2.45) is 0 Å². The van der Waals surface area contributed by atoms with E-state index in [-0.39, 0.29) is 5.82 Å². The molecular formula is C19H17BrClFN2O2S. The molecule has 1 amide bonds. The van der Waals surface area contributed by atoms with E-state index in [4.69, 9.17) is 16.3 Å². The maximum absolute atomic E-state index is 15.1. The number of halogens is 3. The smallest absolute Gasteiger partial charge is 0.413 e. The zero-order valence-corrected chi connectivity index (χ0v) is 18.1. The fraction of sp³-hybridized carbons (Fsp3) is 0.263. The fourth-order valence-electron chi connectivity index (χ4n) is 2.54. The highest BCUT2D eigenvalue weighted by molar-refractivity contribution is 9.08. The summed E-state index contributed by atoms with van der Waals surface area (Å²) < 4.78 is 21.1. The van der Waals surface area contributed by atoms with Gasteiger partial charge in [-0.05, 0) is 44.5 Å². The summed E-state index contributed by atoms with van der Waals surface area (Å²) in [6.45, 7) is 5.33. The minimum atomic E-state index is -0.623. The lowest BCUT2D eigenvalue weighted by atomic mass is 10.0. The van der Waals surface area contributed by atoms with E-state index in [0.717, 1.165) is 4.70 Å². The van der Waals surface area contributed by atoms with Crippen molar-refractivity contribution in [3.63, 3.8) is 0 Å². The van der Waals surface area contributed by atoms with Gasteiger partial charge in [0.15, 0.2) is 5.13 Å². The predicted octanol–water partition coefficient (Wildman–Crippen LogP) is 7.00. The van der Waals surface area contributed by atoms with Crippen molar-refractivity contribution in [2.75, 3.05) is 5.32 Å². The predicted molar refractivity (Wildman–Crippen MR) is 113 cm³/mol. The Labute approximate surface area is 173 Å². The average molecular weight is 472 g/mol. The van der Waals surface area contributed by atoms with E-state index in [9.17, 15) is 4.79 Å². The molecule has 0 aliphatic carbocycles. The summed E-state index contributed by atoms with van der Waals surface area (Å²) in [7, 11) is 0. The molecule has 0 radical (unpaired) electrons. The zero-order chi connectivity index (χ0) is 19.8. The Bertz CT molecular complexity index is 1020. The van der Waals surface area contributed by atoms with Gasteiger partial charge in [-0.15, -0.1) is 0 Å². The molecule has 1 heterocycles. The van der Waals surface area contributed by atoms with Gasteiger partial charge in [0.2, 0.25) is 0 Å². The van der Waals surface area contributed by atoms with Gasteiger partial charge in [-0.1, -0.05) is 51.0 Å². The molecule has 2 aromatic carbocycles. The number of alkyl halides is 1. The Kier molecular flexibility index (Phi) is 5.74. The van der Waals surface area contributed by atoms with Crippen LogP contribution in [0.5, 0.6) is 0 Å². The van der Waals surface area contributed by atoms with Crippen LogP contribution in [0, 0.1) is 5.82 Å². The summed E-state index contributed by atoms with van der Waals surface area (Å²) in [5, 5.41) is 3.82. The zero-order valence-electron chi connectivity index (χ0n) is 14.9. The highest BCUT2D eigenvalue weighted by atomic mass is 79.9. The van der Waals surface area contributed by atoms with Gasteiger partial charge in [0.1, 0.15) is 11.4 Å². The lowest BCUT2D eigenvalue weighted by Crippen LogP contribution is -2.27. The van der Waals surface area contributed by atoms with E-state index in [1.807, 2.05) is 0 Å². The molecule has 3 aromatic rings. The molecule has 0 bridgehead atoms. The summed E-state index contributed by atoms with van der Waals surface area (Å²) in [6, 6.07) is 8.69. The van der Waals surface area contributed by atoms with E-state index in [0.29, 0.717) is 37.7 Å². The second-order valence-electron chi connectivity index (χ2n) is 6.86. The Hall–Kier alpha value is -1.70. The van der Waals surface area contributed by atoms with Crippen molar-refractivity contribution in [2.45, 2.75) is 31.7 Å².